The third-order valence-corrected chi connectivity index (χ3v) is 9.96. The standard InChI is InChI=1S/C23H32N2O3S2/c1-16(2)20-8-9-29-22(20)23(27)25-12-18-10-19(13-25)15-30(28,14-18)24-21(26)11-17-6-4-3-5-7-17/h3-4,8-9,16-19H,5-7,10-15H2,1-2H3. The third-order valence-electron chi connectivity index (χ3n) is 6.52. The maximum Gasteiger partial charge on any atom is 0.264 e. The van der Waals surface area contributed by atoms with Gasteiger partial charge in [-0.15, -0.1) is 11.3 Å². The number of hydrogen-bond donors (Lipinski definition) is 0. The molecule has 30 heavy (non-hydrogen) atoms. The van der Waals surface area contributed by atoms with Crippen molar-refractivity contribution in [2.75, 3.05) is 24.6 Å². The number of piperidine rings is 1. The van der Waals surface area contributed by atoms with Crippen LogP contribution in [0.4, 0.5) is 0 Å². The summed E-state index contributed by atoms with van der Waals surface area (Å²) < 4.78 is 17.7. The van der Waals surface area contributed by atoms with Gasteiger partial charge in [-0.05, 0) is 66.4 Å². The second-order valence-electron chi connectivity index (χ2n) is 9.48. The lowest BCUT2D eigenvalue weighted by molar-refractivity contribution is -0.118. The molecule has 1 aromatic heterocycles. The van der Waals surface area contributed by atoms with E-state index in [1.807, 2.05) is 16.3 Å². The van der Waals surface area contributed by atoms with Gasteiger partial charge >= 0.3 is 0 Å². The molecular weight excluding hydrogens is 416 g/mol. The van der Waals surface area contributed by atoms with Crippen LogP contribution in [0.1, 0.15) is 67.1 Å². The van der Waals surface area contributed by atoms with Crippen LogP contribution in [0.2, 0.25) is 0 Å². The predicted octanol–water partition coefficient (Wildman–Crippen LogP) is 4.70. The minimum absolute atomic E-state index is 0.107. The molecule has 2 saturated heterocycles. The molecule has 0 N–H and O–H groups in total. The van der Waals surface area contributed by atoms with Crippen LogP contribution >= 0.6 is 11.3 Å². The SMILES string of the molecule is CC(C)c1ccsc1C(=O)N1CC2CC(C1)CS(=O)(=NC(=O)CC1CC=CCC1)C2. The Labute approximate surface area is 184 Å². The monoisotopic (exact) mass is 448 g/mol. The first-order valence-electron chi connectivity index (χ1n) is 11.1. The molecular formula is C23H32N2O3S2. The van der Waals surface area contributed by atoms with Gasteiger partial charge in [0.25, 0.3) is 11.8 Å². The number of fused-ring (bicyclic) bond motifs is 2. The summed E-state index contributed by atoms with van der Waals surface area (Å²) in [4.78, 5) is 28.5. The zero-order valence-corrected chi connectivity index (χ0v) is 19.6. The summed E-state index contributed by atoms with van der Waals surface area (Å²) in [5, 5.41) is 1.99. The Kier molecular flexibility index (Phi) is 6.49. The van der Waals surface area contributed by atoms with E-state index in [1.54, 1.807) is 0 Å². The Morgan fingerprint density at radius 2 is 1.97 bits per heavy atom. The molecule has 3 unspecified atom stereocenters. The van der Waals surface area contributed by atoms with Crippen LogP contribution in [-0.2, 0) is 14.5 Å². The van der Waals surface area contributed by atoms with E-state index in [9.17, 15) is 13.8 Å². The fraction of sp³-hybridized carbons (Fsp3) is 0.652. The van der Waals surface area contributed by atoms with E-state index in [-0.39, 0.29) is 23.7 Å². The zero-order valence-electron chi connectivity index (χ0n) is 17.9. The molecule has 3 atom stereocenters. The summed E-state index contributed by atoms with van der Waals surface area (Å²) in [7, 11) is -2.50. The molecule has 2 aliphatic heterocycles. The van der Waals surface area contributed by atoms with Crippen molar-refractivity contribution in [3.05, 3.63) is 34.0 Å². The molecule has 1 aliphatic carbocycles. The van der Waals surface area contributed by atoms with Gasteiger partial charge in [-0.3, -0.25) is 9.59 Å². The second-order valence-corrected chi connectivity index (χ2v) is 12.8. The molecule has 1 aromatic rings. The molecule has 0 radical (unpaired) electrons. The lowest BCUT2D eigenvalue weighted by Gasteiger charge is -2.42. The van der Waals surface area contributed by atoms with E-state index in [4.69, 9.17) is 0 Å². The highest BCUT2D eigenvalue weighted by Crippen LogP contribution is 2.34. The lowest BCUT2D eigenvalue weighted by Crippen LogP contribution is -2.50. The average Bonchev–Trinajstić information content (AvgIpc) is 3.17. The zero-order chi connectivity index (χ0) is 21.3. The number of allylic oxidation sites excluding steroid dienone is 2. The Hall–Kier alpha value is -1.47. The normalized spacial score (nSPS) is 31.0. The highest BCUT2D eigenvalue weighted by atomic mass is 32.2. The van der Waals surface area contributed by atoms with Crippen LogP contribution in [-0.4, -0.2) is 45.5 Å². The quantitative estimate of drug-likeness (QED) is 0.627. The Balaban J connectivity index is 1.42. The van der Waals surface area contributed by atoms with Gasteiger partial charge in [0.1, 0.15) is 0 Å². The summed E-state index contributed by atoms with van der Waals surface area (Å²) in [6, 6.07) is 2.05. The summed E-state index contributed by atoms with van der Waals surface area (Å²) in [6.07, 6.45) is 8.65. The molecule has 0 aromatic carbocycles. The molecule has 2 amide bonds. The van der Waals surface area contributed by atoms with E-state index in [0.717, 1.165) is 36.1 Å². The second kappa shape index (κ2) is 8.95. The van der Waals surface area contributed by atoms with Gasteiger partial charge in [-0.25, -0.2) is 4.21 Å². The largest absolute Gasteiger partial charge is 0.337 e. The van der Waals surface area contributed by atoms with Gasteiger partial charge in [0, 0.05) is 31.0 Å². The van der Waals surface area contributed by atoms with E-state index in [1.165, 1.54) is 11.3 Å². The van der Waals surface area contributed by atoms with Crippen molar-refractivity contribution in [1.29, 1.82) is 0 Å². The number of carbonyl (C=O) groups is 2. The first kappa shape index (κ1) is 21.8. The summed E-state index contributed by atoms with van der Waals surface area (Å²) in [5.41, 5.74) is 1.11. The van der Waals surface area contributed by atoms with Crippen molar-refractivity contribution in [3.63, 3.8) is 0 Å². The first-order chi connectivity index (χ1) is 14.3. The number of amides is 2. The molecule has 4 rings (SSSR count). The maximum absolute atomic E-state index is 13.4. The number of rotatable bonds is 4. The topological polar surface area (TPSA) is 66.8 Å². The number of nitrogens with zero attached hydrogens (tertiary/aromatic N) is 2. The lowest BCUT2D eigenvalue weighted by atomic mass is 9.90. The Morgan fingerprint density at radius 1 is 1.23 bits per heavy atom. The van der Waals surface area contributed by atoms with Crippen LogP contribution in [0.5, 0.6) is 0 Å². The van der Waals surface area contributed by atoms with Gasteiger partial charge in [-0.2, -0.15) is 4.36 Å². The molecule has 0 spiro atoms. The molecule has 0 saturated carbocycles. The van der Waals surface area contributed by atoms with Gasteiger partial charge in [-0.1, -0.05) is 26.0 Å². The number of hydrogen-bond acceptors (Lipinski definition) is 4. The smallest absolute Gasteiger partial charge is 0.264 e. The van der Waals surface area contributed by atoms with Crippen LogP contribution in [0.3, 0.4) is 0 Å². The molecule has 2 bridgehead atoms. The summed E-state index contributed by atoms with van der Waals surface area (Å²) >= 11 is 1.52. The van der Waals surface area contributed by atoms with E-state index < -0.39 is 9.73 Å². The molecule has 2 fully saturated rings. The molecule has 7 heteroatoms. The summed E-state index contributed by atoms with van der Waals surface area (Å²) in [5.74, 6) is 1.82. The third kappa shape index (κ3) is 4.88. The number of thiophene rings is 1. The predicted molar refractivity (Wildman–Crippen MR) is 122 cm³/mol. The maximum atomic E-state index is 13.4. The average molecular weight is 449 g/mol. The molecule has 164 valence electrons. The summed E-state index contributed by atoms with van der Waals surface area (Å²) in [6.45, 7) is 5.47. The molecule has 3 heterocycles. The van der Waals surface area contributed by atoms with Gasteiger partial charge in [0.05, 0.1) is 14.6 Å². The van der Waals surface area contributed by atoms with E-state index in [2.05, 4.69) is 30.4 Å². The minimum atomic E-state index is -2.50. The molecule has 3 aliphatic rings. The highest BCUT2D eigenvalue weighted by molar-refractivity contribution is 7.93. The fourth-order valence-corrected chi connectivity index (χ4v) is 8.92. The highest BCUT2D eigenvalue weighted by Gasteiger charge is 2.39. The van der Waals surface area contributed by atoms with Crippen molar-refractivity contribution < 1.29 is 13.8 Å². The van der Waals surface area contributed by atoms with Crippen molar-refractivity contribution >= 4 is 32.9 Å². The van der Waals surface area contributed by atoms with Crippen molar-refractivity contribution in [2.24, 2.45) is 22.1 Å². The van der Waals surface area contributed by atoms with E-state index in [0.29, 0.717) is 42.9 Å². The minimum Gasteiger partial charge on any atom is -0.337 e. The van der Waals surface area contributed by atoms with Gasteiger partial charge in [0.15, 0.2) is 0 Å². The number of likely N-dealkylation sites (tertiary alicyclic amines) is 1. The van der Waals surface area contributed by atoms with Crippen LogP contribution < -0.4 is 0 Å². The van der Waals surface area contributed by atoms with Gasteiger partial charge in [0.2, 0.25) is 0 Å². The molecule has 5 nitrogen and oxygen atoms in total. The Bertz CT molecular complexity index is 935. The van der Waals surface area contributed by atoms with E-state index >= 15 is 0 Å². The van der Waals surface area contributed by atoms with Crippen molar-refractivity contribution in [3.8, 4) is 0 Å². The fourth-order valence-electron chi connectivity index (χ4n) is 5.21. The van der Waals surface area contributed by atoms with Crippen LogP contribution in [0.15, 0.2) is 28.0 Å². The first-order valence-corrected chi connectivity index (χ1v) is 13.8. The van der Waals surface area contributed by atoms with Crippen molar-refractivity contribution in [1.82, 2.24) is 4.90 Å². The van der Waals surface area contributed by atoms with Gasteiger partial charge < -0.3 is 4.90 Å². The Morgan fingerprint density at radius 3 is 2.60 bits per heavy atom. The number of carbonyl (C=O) groups excluding carboxylic acids is 2. The van der Waals surface area contributed by atoms with Crippen LogP contribution in [0.25, 0.3) is 0 Å². The van der Waals surface area contributed by atoms with Crippen LogP contribution in [0, 0.1) is 17.8 Å². The van der Waals surface area contributed by atoms with Crippen molar-refractivity contribution in [2.45, 2.75) is 51.9 Å².